The lowest BCUT2D eigenvalue weighted by Gasteiger charge is -2.24. The van der Waals surface area contributed by atoms with E-state index in [-0.39, 0.29) is 12.2 Å². The number of alkyl halides is 3. The highest BCUT2D eigenvalue weighted by Gasteiger charge is 2.34. The minimum absolute atomic E-state index is 0.160. The van der Waals surface area contributed by atoms with Gasteiger partial charge in [-0.1, -0.05) is 12.1 Å². The zero-order chi connectivity index (χ0) is 24.6. The van der Waals surface area contributed by atoms with Gasteiger partial charge in [-0.3, -0.25) is 14.5 Å². The van der Waals surface area contributed by atoms with Crippen LogP contribution in [0.3, 0.4) is 0 Å². The molecule has 0 fully saturated rings. The number of rotatable bonds is 10. The van der Waals surface area contributed by atoms with E-state index in [4.69, 9.17) is 9.47 Å². The molecular formula is C23H28F3N3O4. The Bertz CT molecular complexity index is 966. The van der Waals surface area contributed by atoms with Crippen LogP contribution in [0.5, 0.6) is 11.5 Å². The van der Waals surface area contributed by atoms with Gasteiger partial charge < -0.3 is 20.1 Å². The number of para-hydroxylation sites is 1. The number of carbonyl (C=O) groups is 2. The summed E-state index contributed by atoms with van der Waals surface area (Å²) in [6.45, 7) is 5.90. The quantitative estimate of drug-likeness (QED) is 0.542. The average molecular weight is 467 g/mol. The Morgan fingerprint density at radius 1 is 1.00 bits per heavy atom. The second kappa shape index (κ2) is 11.6. The number of carbonyl (C=O) groups excluding carboxylic acids is 2. The molecule has 2 N–H and O–H groups in total. The summed E-state index contributed by atoms with van der Waals surface area (Å²) in [6.07, 6.45) is -4.60. The number of benzene rings is 2. The number of nitrogens with one attached hydrogen (secondary N) is 2. The first-order chi connectivity index (χ1) is 15.6. The van der Waals surface area contributed by atoms with Gasteiger partial charge in [0.2, 0.25) is 11.8 Å². The third-order valence-electron chi connectivity index (χ3n) is 4.75. The number of likely N-dealkylation sites (N-methyl/N-ethyl adjacent to an activating group) is 1. The van der Waals surface area contributed by atoms with E-state index in [1.165, 1.54) is 37.1 Å². The first kappa shape index (κ1) is 26.0. The predicted octanol–water partition coefficient (Wildman–Crippen LogP) is 4.40. The molecule has 2 aromatic rings. The highest BCUT2D eigenvalue weighted by atomic mass is 19.4. The highest BCUT2D eigenvalue weighted by Crippen LogP contribution is 2.34. The molecular weight excluding hydrogens is 439 g/mol. The Morgan fingerprint density at radius 3 is 2.27 bits per heavy atom. The molecule has 7 nitrogen and oxygen atoms in total. The van der Waals surface area contributed by atoms with Gasteiger partial charge in [0.05, 0.1) is 37.1 Å². The first-order valence-corrected chi connectivity index (χ1v) is 10.4. The third-order valence-corrected chi connectivity index (χ3v) is 4.75. The molecule has 1 atom stereocenters. The lowest BCUT2D eigenvalue weighted by molar-refractivity contribution is -0.137. The van der Waals surface area contributed by atoms with Crippen molar-refractivity contribution < 1.29 is 32.2 Å². The second-order valence-corrected chi connectivity index (χ2v) is 7.20. The molecule has 2 amide bonds. The smallest absolute Gasteiger partial charge is 0.418 e. The van der Waals surface area contributed by atoms with Crippen LogP contribution in [0.1, 0.15) is 26.3 Å². The number of anilines is 2. The molecule has 0 bridgehead atoms. The van der Waals surface area contributed by atoms with E-state index in [2.05, 4.69) is 10.6 Å². The maximum absolute atomic E-state index is 13.2. The Kier molecular flexibility index (Phi) is 9.10. The molecule has 0 saturated heterocycles. The minimum Gasteiger partial charge on any atom is -0.490 e. The van der Waals surface area contributed by atoms with E-state index in [0.29, 0.717) is 30.4 Å². The first-order valence-electron chi connectivity index (χ1n) is 10.4. The van der Waals surface area contributed by atoms with Crippen molar-refractivity contribution in [3.63, 3.8) is 0 Å². The normalized spacial score (nSPS) is 12.2. The maximum Gasteiger partial charge on any atom is 0.418 e. The third kappa shape index (κ3) is 7.38. The van der Waals surface area contributed by atoms with Gasteiger partial charge in [0.1, 0.15) is 0 Å². The molecule has 2 rings (SSSR count). The van der Waals surface area contributed by atoms with Crippen LogP contribution in [0.4, 0.5) is 24.5 Å². The zero-order valence-electron chi connectivity index (χ0n) is 19.0. The summed E-state index contributed by atoms with van der Waals surface area (Å²) in [5, 5.41) is 5.01. The molecule has 180 valence electrons. The number of nitrogens with zero attached hydrogens (tertiary/aromatic N) is 1. The van der Waals surface area contributed by atoms with Gasteiger partial charge in [-0.05, 0) is 52.1 Å². The van der Waals surface area contributed by atoms with Crippen molar-refractivity contribution in [2.45, 2.75) is 33.0 Å². The molecule has 0 radical (unpaired) electrons. The van der Waals surface area contributed by atoms with E-state index in [0.717, 1.165) is 6.07 Å². The lowest BCUT2D eigenvalue weighted by Crippen LogP contribution is -2.43. The van der Waals surface area contributed by atoms with Crippen molar-refractivity contribution in [2.24, 2.45) is 0 Å². The van der Waals surface area contributed by atoms with Crippen LogP contribution in [0.15, 0.2) is 42.5 Å². The van der Waals surface area contributed by atoms with Crippen LogP contribution in [0.25, 0.3) is 0 Å². The molecule has 33 heavy (non-hydrogen) atoms. The van der Waals surface area contributed by atoms with Gasteiger partial charge >= 0.3 is 6.18 Å². The van der Waals surface area contributed by atoms with E-state index >= 15 is 0 Å². The number of ether oxygens (including phenoxy) is 2. The molecule has 0 heterocycles. The fourth-order valence-corrected chi connectivity index (χ4v) is 2.97. The molecule has 0 aliphatic heterocycles. The Hall–Kier alpha value is -3.27. The topological polar surface area (TPSA) is 79.9 Å². The standard InChI is InChI=1S/C23H28F3N3O4/c1-5-32-19-12-11-16(13-20(19)33-6-2)27-21(30)14-29(4)15(3)22(31)28-18-10-8-7-9-17(18)23(24,25)26/h7-13,15H,5-6,14H2,1-4H3,(H,27,30)(H,28,31). The van der Waals surface area contributed by atoms with Gasteiger partial charge in [-0.25, -0.2) is 0 Å². The van der Waals surface area contributed by atoms with Gasteiger partial charge in [-0.15, -0.1) is 0 Å². The highest BCUT2D eigenvalue weighted by molar-refractivity contribution is 5.96. The summed E-state index contributed by atoms with van der Waals surface area (Å²) < 4.78 is 50.5. The summed E-state index contributed by atoms with van der Waals surface area (Å²) in [7, 11) is 1.53. The fourth-order valence-electron chi connectivity index (χ4n) is 2.97. The maximum atomic E-state index is 13.2. The predicted molar refractivity (Wildman–Crippen MR) is 120 cm³/mol. The van der Waals surface area contributed by atoms with Gasteiger partial charge in [-0.2, -0.15) is 13.2 Å². The Labute approximate surface area is 190 Å². The van der Waals surface area contributed by atoms with E-state index < -0.39 is 29.6 Å². The molecule has 1 unspecified atom stereocenters. The van der Waals surface area contributed by atoms with E-state index in [1.54, 1.807) is 18.2 Å². The van der Waals surface area contributed by atoms with Gasteiger partial charge in [0.15, 0.2) is 11.5 Å². The van der Waals surface area contributed by atoms with Crippen LogP contribution < -0.4 is 20.1 Å². The Morgan fingerprint density at radius 2 is 1.64 bits per heavy atom. The number of hydrogen-bond donors (Lipinski definition) is 2. The second-order valence-electron chi connectivity index (χ2n) is 7.20. The van der Waals surface area contributed by atoms with E-state index in [1.807, 2.05) is 13.8 Å². The van der Waals surface area contributed by atoms with Crippen LogP contribution in [0, 0.1) is 0 Å². The number of hydrogen-bond acceptors (Lipinski definition) is 5. The monoisotopic (exact) mass is 467 g/mol. The van der Waals surface area contributed by atoms with Crippen molar-refractivity contribution in [3.8, 4) is 11.5 Å². The van der Waals surface area contributed by atoms with E-state index in [9.17, 15) is 22.8 Å². The van der Waals surface area contributed by atoms with Crippen molar-refractivity contribution in [2.75, 3.05) is 37.4 Å². The molecule has 0 aliphatic rings. The zero-order valence-corrected chi connectivity index (χ0v) is 19.0. The molecule has 0 spiro atoms. The van der Waals surface area contributed by atoms with Crippen LogP contribution in [0.2, 0.25) is 0 Å². The minimum atomic E-state index is -4.60. The van der Waals surface area contributed by atoms with Crippen molar-refractivity contribution in [1.29, 1.82) is 0 Å². The molecule has 2 aromatic carbocycles. The largest absolute Gasteiger partial charge is 0.490 e. The Balaban J connectivity index is 2.00. The van der Waals surface area contributed by atoms with Crippen molar-refractivity contribution >= 4 is 23.2 Å². The summed E-state index contributed by atoms with van der Waals surface area (Å²) in [5.74, 6) is -0.0263. The number of amides is 2. The summed E-state index contributed by atoms with van der Waals surface area (Å²) >= 11 is 0. The molecule has 0 saturated carbocycles. The number of halogens is 3. The van der Waals surface area contributed by atoms with Crippen LogP contribution in [-0.2, 0) is 15.8 Å². The summed E-state index contributed by atoms with van der Waals surface area (Å²) in [4.78, 5) is 26.4. The molecule has 10 heteroatoms. The van der Waals surface area contributed by atoms with Gasteiger partial charge in [0, 0.05) is 11.8 Å². The average Bonchev–Trinajstić information content (AvgIpc) is 2.74. The van der Waals surface area contributed by atoms with Crippen LogP contribution in [-0.4, -0.2) is 49.6 Å². The summed E-state index contributed by atoms with van der Waals surface area (Å²) in [6, 6.07) is 8.84. The lowest BCUT2D eigenvalue weighted by atomic mass is 10.1. The fraction of sp³-hybridized carbons (Fsp3) is 0.391. The van der Waals surface area contributed by atoms with Gasteiger partial charge in [0.25, 0.3) is 0 Å². The SMILES string of the molecule is CCOc1ccc(NC(=O)CN(C)C(C)C(=O)Nc2ccccc2C(F)(F)F)cc1OCC. The van der Waals surface area contributed by atoms with Crippen molar-refractivity contribution in [1.82, 2.24) is 4.90 Å². The molecule has 0 aliphatic carbocycles. The summed E-state index contributed by atoms with van der Waals surface area (Å²) in [5.41, 5.74) is -0.791. The molecule has 0 aromatic heterocycles. The van der Waals surface area contributed by atoms with Crippen LogP contribution >= 0.6 is 0 Å². The van der Waals surface area contributed by atoms with Crippen molar-refractivity contribution in [3.05, 3.63) is 48.0 Å².